The van der Waals surface area contributed by atoms with Crippen LogP contribution >= 0.6 is 0 Å². The van der Waals surface area contributed by atoms with E-state index in [2.05, 4.69) is 28.8 Å². The van der Waals surface area contributed by atoms with Crippen LogP contribution in [0.2, 0.25) is 0 Å². The van der Waals surface area contributed by atoms with Crippen LogP contribution < -0.4 is 0 Å². The number of nitrogens with one attached hydrogen (secondary N) is 2. The largest absolute Gasteiger partial charge is 0.360 e. The zero-order valence-electron chi connectivity index (χ0n) is 22.4. The smallest absolute Gasteiger partial charge is 0.170 e. The van der Waals surface area contributed by atoms with Crippen LogP contribution in [0.25, 0.3) is 17.0 Å². The van der Waals surface area contributed by atoms with Crippen LogP contribution in [0, 0.1) is 34.5 Å². The summed E-state index contributed by atoms with van der Waals surface area (Å²) in [7, 11) is 0. The van der Waals surface area contributed by atoms with Crippen molar-refractivity contribution in [1.29, 1.82) is 0 Å². The molecule has 0 saturated heterocycles. The maximum Gasteiger partial charge on any atom is 0.170 e. The summed E-state index contributed by atoms with van der Waals surface area (Å²) in [5.74, 6) is 2.42. The van der Waals surface area contributed by atoms with Gasteiger partial charge in [-0.2, -0.15) is 0 Å². The van der Waals surface area contributed by atoms with Gasteiger partial charge in [-0.05, 0) is 116 Å². The highest BCUT2D eigenvalue weighted by molar-refractivity contribution is 6.23. The number of Topliss-reactive ketones (excluding diaryl/α,β-unsaturated/α-hetero) is 1. The summed E-state index contributed by atoms with van der Waals surface area (Å²) >= 11 is 0. The predicted molar refractivity (Wildman–Crippen MR) is 150 cm³/mol. The number of H-pyrrole nitrogens is 2. The van der Waals surface area contributed by atoms with E-state index in [9.17, 15) is 9.59 Å². The second kappa shape index (κ2) is 8.65. The Morgan fingerprint density at radius 3 is 2.68 bits per heavy atom. The zero-order valence-corrected chi connectivity index (χ0v) is 22.4. The van der Waals surface area contributed by atoms with E-state index < -0.39 is 0 Å². The van der Waals surface area contributed by atoms with Gasteiger partial charge in [-0.25, -0.2) is 0 Å². The first-order valence-electron chi connectivity index (χ1n) is 14.4. The van der Waals surface area contributed by atoms with Crippen molar-refractivity contribution in [3.05, 3.63) is 65.7 Å². The average Bonchev–Trinajstić information content (AvgIpc) is 3.71. The Kier molecular flexibility index (Phi) is 5.44. The van der Waals surface area contributed by atoms with Crippen molar-refractivity contribution in [3.63, 3.8) is 0 Å². The van der Waals surface area contributed by atoms with Crippen molar-refractivity contribution < 1.29 is 9.59 Å². The van der Waals surface area contributed by atoms with E-state index in [1.807, 2.05) is 48.7 Å². The highest BCUT2D eigenvalue weighted by atomic mass is 16.1. The molecule has 196 valence electrons. The third kappa shape index (κ3) is 3.47. The number of rotatable bonds is 4. The van der Waals surface area contributed by atoms with E-state index in [0.29, 0.717) is 30.0 Å². The van der Waals surface area contributed by atoms with E-state index in [1.54, 1.807) is 6.21 Å². The van der Waals surface area contributed by atoms with Gasteiger partial charge in [-0.1, -0.05) is 19.4 Å². The second-order valence-corrected chi connectivity index (χ2v) is 12.8. The molecule has 3 saturated carbocycles. The molecule has 3 heterocycles. The first kappa shape index (κ1) is 23.9. The molecule has 2 aromatic rings. The highest BCUT2D eigenvalue weighted by Crippen LogP contribution is 2.67. The normalized spacial score (nSPS) is 37.0. The van der Waals surface area contributed by atoms with E-state index in [-0.39, 0.29) is 22.5 Å². The Morgan fingerprint density at radius 2 is 1.89 bits per heavy atom. The number of allylic oxidation sites excluding steroid dienone is 4. The number of aromatic nitrogens is 2. The lowest BCUT2D eigenvalue weighted by molar-refractivity contribution is -0.125. The summed E-state index contributed by atoms with van der Waals surface area (Å²) in [6.07, 6.45) is 17.8. The number of aromatic amines is 2. The fraction of sp³-hybridized carbons (Fsp3) is 0.485. The molecular formula is C33H37N3O2. The third-order valence-corrected chi connectivity index (χ3v) is 11.2. The van der Waals surface area contributed by atoms with Gasteiger partial charge in [-0.3, -0.25) is 14.6 Å². The van der Waals surface area contributed by atoms with Crippen LogP contribution in [0.1, 0.15) is 70.9 Å². The topological polar surface area (TPSA) is 78.1 Å². The summed E-state index contributed by atoms with van der Waals surface area (Å²) in [5, 5.41) is 0. The number of hydrogen-bond donors (Lipinski definition) is 2. The molecule has 0 amide bonds. The molecule has 1 aliphatic heterocycles. The molecule has 3 fully saturated rings. The summed E-state index contributed by atoms with van der Waals surface area (Å²) in [4.78, 5) is 38.1. The fourth-order valence-electron chi connectivity index (χ4n) is 9.21. The molecule has 0 radical (unpaired) electrons. The number of nitrogens with zero attached hydrogens (tertiary/aromatic N) is 1. The van der Waals surface area contributed by atoms with Crippen LogP contribution in [0.3, 0.4) is 0 Å². The number of hydrogen-bond acceptors (Lipinski definition) is 3. The third-order valence-electron chi connectivity index (χ3n) is 11.2. The predicted octanol–water partition coefficient (Wildman–Crippen LogP) is 7.08. The van der Waals surface area contributed by atoms with Crippen molar-refractivity contribution >= 4 is 23.4 Å². The molecule has 0 aromatic carbocycles. The molecule has 0 spiro atoms. The standard InChI is InChI=1S/C33H37N3O2/c1-32-15-13-21(37)19-20(32)7-8-22-23-9-10-25(33(23,2)16-14-24(22)32)31(38)30(28-6-4-18-35-28)29-12-11-27(36-29)26-5-3-17-34-26/h3-6,11-12,17-19,22-25,34,36H,7-10,13-16H2,1-2H3/b30-28-/t22-,23-,24-,25+,32-,33-/m0/s1. The van der Waals surface area contributed by atoms with E-state index in [0.717, 1.165) is 73.3 Å². The van der Waals surface area contributed by atoms with Crippen molar-refractivity contribution in [1.82, 2.24) is 9.97 Å². The minimum absolute atomic E-state index is 0.00698. The molecule has 2 aromatic heterocycles. The number of carbonyl (C=O) groups is 2. The first-order chi connectivity index (χ1) is 18.4. The highest BCUT2D eigenvalue weighted by Gasteiger charge is 2.60. The lowest BCUT2D eigenvalue weighted by atomic mass is 9.46. The van der Waals surface area contributed by atoms with Gasteiger partial charge in [0, 0.05) is 24.8 Å². The Hall–Kier alpha value is -3.21. The lowest BCUT2D eigenvalue weighted by Crippen LogP contribution is -2.51. The maximum atomic E-state index is 14.5. The van der Waals surface area contributed by atoms with Gasteiger partial charge in [0.15, 0.2) is 11.6 Å². The van der Waals surface area contributed by atoms with E-state index in [4.69, 9.17) is 0 Å². The average molecular weight is 508 g/mol. The fourth-order valence-corrected chi connectivity index (χ4v) is 9.21. The van der Waals surface area contributed by atoms with Crippen LogP contribution in [0.4, 0.5) is 0 Å². The Labute approximate surface area is 224 Å². The van der Waals surface area contributed by atoms with Crippen LogP contribution in [-0.2, 0) is 9.59 Å². The first-order valence-corrected chi connectivity index (χ1v) is 14.4. The van der Waals surface area contributed by atoms with Gasteiger partial charge in [0.25, 0.3) is 0 Å². The van der Waals surface area contributed by atoms with Gasteiger partial charge < -0.3 is 9.97 Å². The van der Waals surface area contributed by atoms with Gasteiger partial charge >= 0.3 is 0 Å². The van der Waals surface area contributed by atoms with Gasteiger partial charge in [0.2, 0.25) is 0 Å². The Bertz CT molecular complexity index is 1410. The number of carbonyl (C=O) groups excluding carboxylic acids is 2. The molecule has 0 bridgehead atoms. The molecule has 7 rings (SSSR count). The van der Waals surface area contributed by atoms with Gasteiger partial charge in [0.05, 0.1) is 28.4 Å². The van der Waals surface area contributed by atoms with Gasteiger partial charge in [0.1, 0.15) is 0 Å². The number of aliphatic imine (C=N–C) groups is 1. The maximum absolute atomic E-state index is 14.5. The van der Waals surface area contributed by atoms with E-state index >= 15 is 0 Å². The zero-order chi connectivity index (χ0) is 26.1. The molecule has 5 nitrogen and oxygen atoms in total. The summed E-state index contributed by atoms with van der Waals surface area (Å²) < 4.78 is 0. The molecule has 38 heavy (non-hydrogen) atoms. The molecule has 4 aliphatic carbocycles. The quantitative estimate of drug-likeness (QED) is 0.434. The monoisotopic (exact) mass is 507 g/mol. The van der Waals surface area contributed by atoms with Gasteiger partial charge in [-0.15, -0.1) is 0 Å². The molecule has 5 heteroatoms. The Balaban J connectivity index is 1.21. The minimum Gasteiger partial charge on any atom is -0.360 e. The Morgan fingerprint density at radius 1 is 1.00 bits per heavy atom. The minimum atomic E-state index is 0.00698. The van der Waals surface area contributed by atoms with Crippen LogP contribution in [-0.4, -0.2) is 27.7 Å². The summed E-state index contributed by atoms with van der Waals surface area (Å²) in [5.41, 5.74) is 5.91. The van der Waals surface area contributed by atoms with Crippen molar-refractivity contribution in [2.24, 2.45) is 39.5 Å². The van der Waals surface area contributed by atoms with E-state index in [1.165, 1.54) is 5.57 Å². The lowest BCUT2D eigenvalue weighted by Gasteiger charge is -2.58. The molecular weight excluding hydrogens is 470 g/mol. The van der Waals surface area contributed by atoms with Crippen LogP contribution in [0.5, 0.6) is 0 Å². The summed E-state index contributed by atoms with van der Waals surface area (Å²) in [6.45, 7) is 4.85. The van der Waals surface area contributed by atoms with Crippen molar-refractivity contribution in [3.8, 4) is 11.4 Å². The number of ketones is 2. The molecule has 5 aliphatic rings. The molecule has 2 N–H and O–H groups in total. The second-order valence-electron chi connectivity index (χ2n) is 12.8. The molecule has 0 unspecified atom stereocenters. The van der Waals surface area contributed by atoms with Crippen LogP contribution in [0.15, 0.2) is 65.0 Å². The molecule has 6 atom stereocenters. The van der Waals surface area contributed by atoms with Crippen molar-refractivity contribution in [2.45, 2.75) is 65.2 Å². The number of fused-ring (bicyclic) bond motifs is 5. The summed E-state index contributed by atoms with van der Waals surface area (Å²) in [6, 6.07) is 8.09. The van der Waals surface area contributed by atoms with Crippen molar-refractivity contribution in [2.75, 3.05) is 0 Å². The SMILES string of the molecule is C[C@]12CC[C@H]3[C@@H](CCC4=CC(=O)CC[C@@]43C)[C@@H]1CC[C@@H]2C(=O)/C(=C1/C=CC=N1)c1ccc(-c2ccc[nH]2)[nH]1.